The van der Waals surface area contributed by atoms with E-state index in [4.69, 9.17) is 4.74 Å². The first-order valence-corrected chi connectivity index (χ1v) is 12.7. The summed E-state index contributed by atoms with van der Waals surface area (Å²) >= 11 is 1.36. The second-order valence-electron chi connectivity index (χ2n) is 8.64. The van der Waals surface area contributed by atoms with Gasteiger partial charge >= 0.3 is 12.0 Å². The zero-order valence-electron chi connectivity index (χ0n) is 18.8. The van der Waals surface area contributed by atoms with Gasteiger partial charge in [0.15, 0.2) is 5.13 Å². The summed E-state index contributed by atoms with van der Waals surface area (Å²) in [6.07, 6.45) is 16.8. The van der Waals surface area contributed by atoms with Crippen molar-refractivity contribution in [1.82, 2.24) is 19.4 Å². The fourth-order valence-electron chi connectivity index (χ4n) is 4.95. The lowest BCUT2D eigenvalue weighted by molar-refractivity contribution is -0.142. The molecule has 4 rings (SSSR count). The number of ether oxygens (including phenoxy) is 1. The van der Waals surface area contributed by atoms with E-state index in [-0.39, 0.29) is 18.4 Å². The molecule has 2 aromatic heterocycles. The number of imidazole rings is 1. The van der Waals surface area contributed by atoms with Crippen molar-refractivity contribution in [2.75, 3.05) is 11.9 Å². The highest BCUT2D eigenvalue weighted by atomic mass is 32.1. The van der Waals surface area contributed by atoms with Gasteiger partial charge in [0.05, 0.1) is 25.0 Å². The lowest BCUT2D eigenvalue weighted by atomic mass is 9.89. The smallest absolute Gasteiger partial charge is 0.324 e. The number of aromatic nitrogens is 3. The van der Waals surface area contributed by atoms with Crippen LogP contribution in [0.4, 0.5) is 9.93 Å². The number of carbonyl (C=O) groups is 2. The van der Waals surface area contributed by atoms with Crippen LogP contribution >= 0.6 is 11.3 Å². The van der Waals surface area contributed by atoms with Gasteiger partial charge in [-0.3, -0.25) is 14.7 Å². The SMILES string of the molecule is CCOC(=O)Cc1nc(NC(=O)N(C2CCCCC2)C2CCCCC2)sc1-n1ccnc1. The Hall–Kier alpha value is -2.42. The number of nitrogens with zero attached hydrogens (tertiary/aromatic N) is 4. The van der Waals surface area contributed by atoms with Gasteiger partial charge in [0.1, 0.15) is 5.00 Å². The van der Waals surface area contributed by atoms with E-state index in [1.807, 2.05) is 10.8 Å². The third-order valence-electron chi connectivity index (χ3n) is 6.42. The summed E-state index contributed by atoms with van der Waals surface area (Å²) in [5.41, 5.74) is 0.587. The molecule has 9 heteroatoms. The van der Waals surface area contributed by atoms with Gasteiger partial charge in [0.25, 0.3) is 0 Å². The quantitative estimate of drug-likeness (QED) is 0.593. The summed E-state index contributed by atoms with van der Waals surface area (Å²) < 4.78 is 6.93. The Labute approximate surface area is 193 Å². The second kappa shape index (κ2) is 10.9. The van der Waals surface area contributed by atoms with E-state index in [0.29, 0.717) is 29.5 Å². The molecule has 0 aromatic carbocycles. The van der Waals surface area contributed by atoms with Crippen molar-refractivity contribution >= 4 is 28.5 Å². The molecule has 0 aliphatic heterocycles. The molecule has 0 saturated heterocycles. The maximum Gasteiger partial charge on any atom is 0.324 e. The van der Waals surface area contributed by atoms with Crippen LogP contribution in [-0.2, 0) is 16.0 Å². The first kappa shape index (κ1) is 22.8. The van der Waals surface area contributed by atoms with E-state index in [0.717, 1.165) is 30.7 Å². The van der Waals surface area contributed by atoms with Gasteiger partial charge in [0, 0.05) is 24.5 Å². The number of anilines is 1. The molecule has 8 nitrogen and oxygen atoms in total. The zero-order valence-corrected chi connectivity index (χ0v) is 19.6. The highest BCUT2D eigenvalue weighted by Gasteiger charge is 2.33. The first-order valence-electron chi connectivity index (χ1n) is 11.9. The topological polar surface area (TPSA) is 89.3 Å². The van der Waals surface area contributed by atoms with Crippen LogP contribution in [0.15, 0.2) is 18.7 Å². The van der Waals surface area contributed by atoms with Gasteiger partial charge in [-0.25, -0.2) is 14.8 Å². The third kappa shape index (κ3) is 5.49. The largest absolute Gasteiger partial charge is 0.466 e. The summed E-state index contributed by atoms with van der Waals surface area (Å²) in [4.78, 5) is 36.5. The Balaban J connectivity index is 1.55. The number of hydrogen-bond donors (Lipinski definition) is 1. The second-order valence-corrected chi connectivity index (χ2v) is 9.62. The van der Waals surface area contributed by atoms with Crippen molar-refractivity contribution < 1.29 is 14.3 Å². The number of rotatable bonds is 7. The van der Waals surface area contributed by atoms with E-state index in [2.05, 4.69) is 20.2 Å². The van der Waals surface area contributed by atoms with Gasteiger partial charge < -0.3 is 9.64 Å². The molecule has 2 amide bonds. The van der Waals surface area contributed by atoms with E-state index in [1.165, 1.54) is 49.9 Å². The van der Waals surface area contributed by atoms with E-state index < -0.39 is 0 Å². The normalized spacial score (nSPS) is 17.8. The summed E-state index contributed by atoms with van der Waals surface area (Å²) in [5, 5.41) is 4.35. The van der Waals surface area contributed by atoms with E-state index in [9.17, 15) is 9.59 Å². The molecule has 1 N–H and O–H groups in total. The Morgan fingerprint density at radius 1 is 1.12 bits per heavy atom. The molecule has 2 aromatic rings. The molecule has 2 heterocycles. The average Bonchev–Trinajstić information content (AvgIpc) is 3.46. The molecule has 2 saturated carbocycles. The molecule has 32 heavy (non-hydrogen) atoms. The maximum atomic E-state index is 13.5. The monoisotopic (exact) mass is 459 g/mol. The van der Waals surface area contributed by atoms with Crippen LogP contribution in [0.1, 0.15) is 76.8 Å². The molecule has 0 atom stereocenters. The van der Waals surface area contributed by atoms with Crippen molar-refractivity contribution in [2.24, 2.45) is 0 Å². The van der Waals surface area contributed by atoms with Crippen LogP contribution in [0.25, 0.3) is 5.00 Å². The van der Waals surface area contributed by atoms with Gasteiger partial charge in [-0.15, -0.1) is 0 Å². The van der Waals surface area contributed by atoms with Crippen LogP contribution < -0.4 is 5.32 Å². The summed E-state index contributed by atoms with van der Waals surface area (Å²) in [5.74, 6) is -0.330. The number of carbonyl (C=O) groups excluding carboxylic acids is 2. The average molecular weight is 460 g/mol. The fraction of sp³-hybridized carbons (Fsp3) is 0.652. The van der Waals surface area contributed by atoms with Crippen LogP contribution in [0.3, 0.4) is 0 Å². The fourth-order valence-corrected chi connectivity index (χ4v) is 5.87. The number of amides is 2. The number of urea groups is 1. The number of thiazole rings is 1. The Kier molecular flexibility index (Phi) is 7.78. The molecule has 2 fully saturated rings. The maximum absolute atomic E-state index is 13.5. The number of esters is 1. The molecule has 0 unspecified atom stereocenters. The number of hydrogen-bond acceptors (Lipinski definition) is 6. The Bertz CT molecular complexity index is 868. The minimum atomic E-state index is -0.330. The summed E-state index contributed by atoms with van der Waals surface area (Å²) in [6.45, 7) is 2.11. The molecule has 0 spiro atoms. The standard InChI is InChI=1S/C23H33N5O3S/c1-2-31-20(29)15-19-21(27-14-13-24-16-27)32-22(25-19)26-23(30)28(17-9-5-3-6-10-17)18-11-7-4-8-12-18/h13-14,16-18H,2-12,15H2,1H3,(H,25,26,30). The van der Waals surface area contributed by atoms with Crippen LogP contribution in [0.2, 0.25) is 0 Å². The van der Waals surface area contributed by atoms with Gasteiger partial charge in [-0.1, -0.05) is 49.9 Å². The molecule has 2 aliphatic carbocycles. The first-order chi connectivity index (χ1) is 15.7. The lowest BCUT2D eigenvalue weighted by Crippen LogP contribution is -2.50. The minimum absolute atomic E-state index is 0.0579. The van der Waals surface area contributed by atoms with Crippen molar-refractivity contribution in [2.45, 2.75) is 89.6 Å². The van der Waals surface area contributed by atoms with Gasteiger partial charge in [-0.05, 0) is 32.6 Å². The molecule has 2 aliphatic rings. The van der Waals surface area contributed by atoms with Crippen LogP contribution in [0.5, 0.6) is 0 Å². The van der Waals surface area contributed by atoms with Gasteiger partial charge in [0.2, 0.25) is 0 Å². The minimum Gasteiger partial charge on any atom is -0.466 e. The summed E-state index contributed by atoms with van der Waals surface area (Å²) in [6, 6.07) is 0.551. The molecular weight excluding hydrogens is 426 g/mol. The van der Waals surface area contributed by atoms with Crippen molar-refractivity contribution in [3.8, 4) is 5.00 Å². The predicted molar refractivity (Wildman–Crippen MR) is 124 cm³/mol. The van der Waals surface area contributed by atoms with Crippen LogP contribution in [-0.4, -0.2) is 50.1 Å². The predicted octanol–water partition coefficient (Wildman–Crippen LogP) is 4.93. The highest BCUT2D eigenvalue weighted by Crippen LogP contribution is 2.32. The van der Waals surface area contributed by atoms with Crippen LogP contribution in [0, 0.1) is 0 Å². The molecule has 0 radical (unpaired) electrons. The van der Waals surface area contributed by atoms with Gasteiger partial charge in [-0.2, -0.15) is 0 Å². The van der Waals surface area contributed by atoms with Crippen molar-refractivity contribution in [3.63, 3.8) is 0 Å². The Morgan fingerprint density at radius 2 is 1.78 bits per heavy atom. The lowest BCUT2D eigenvalue weighted by Gasteiger charge is -2.41. The highest BCUT2D eigenvalue weighted by molar-refractivity contribution is 7.18. The Morgan fingerprint density at radius 3 is 2.34 bits per heavy atom. The summed E-state index contributed by atoms with van der Waals surface area (Å²) in [7, 11) is 0. The molecule has 174 valence electrons. The number of nitrogens with one attached hydrogen (secondary N) is 1. The van der Waals surface area contributed by atoms with E-state index >= 15 is 0 Å². The molecular formula is C23H33N5O3S. The van der Waals surface area contributed by atoms with Crippen molar-refractivity contribution in [1.29, 1.82) is 0 Å². The van der Waals surface area contributed by atoms with E-state index in [1.54, 1.807) is 19.4 Å². The third-order valence-corrected chi connectivity index (χ3v) is 7.44. The zero-order chi connectivity index (χ0) is 22.3. The van der Waals surface area contributed by atoms with Crippen molar-refractivity contribution in [3.05, 3.63) is 24.4 Å². The molecule has 0 bridgehead atoms.